The van der Waals surface area contributed by atoms with Crippen LogP contribution in [0.25, 0.3) is 0 Å². The van der Waals surface area contributed by atoms with E-state index in [4.69, 9.17) is 0 Å². The van der Waals surface area contributed by atoms with Gasteiger partial charge in [-0.15, -0.1) is 11.3 Å². The highest BCUT2D eigenvalue weighted by Crippen LogP contribution is 2.19. The number of piperidine rings is 1. The van der Waals surface area contributed by atoms with E-state index in [2.05, 4.69) is 29.0 Å². The van der Waals surface area contributed by atoms with Crippen LogP contribution in [-0.2, 0) is 17.8 Å². The van der Waals surface area contributed by atoms with Crippen LogP contribution in [0, 0.1) is 5.92 Å². The van der Waals surface area contributed by atoms with Gasteiger partial charge in [0.05, 0.1) is 6.54 Å². The van der Waals surface area contributed by atoms with Gasteiger partial charge >= 0.3 is 0 Å². The van der Waals surface area contributed by atoms with Crippen molar-refractivity contribution in [2.24, 2.45) is 5.92 Å². The van der Waals surface area contributed by atoms with Gasteiger partial charge in [-0.2, -0.15) is 0 Å². The van der Waals surface area contributed by atoms with Gasteiger partial charge in [0.25, 0.3) is 0 Å². The number of hydrogen-bond donors (Lipinski definition) is 2. The molecule has 2 heterocycles. The van der Waals surface area contributed by atoms with Crippen molar-refractivity contribution in [2.45, 2.75) is 45.6 Å². The lowest BCUT2D eigenvalue weighted by Gasteiger charge is -2.22. The van der Waals surface area contributed by atoms with Gasteiger partial charge in [-0.25, -0.2) is 0 Å². The molecule has 0 spiro atoms. The lowest BCUT2D eigenvalue weighted by Crippen LogP contribution is -2.29. The maximum Gasteiger partial charge on any atom is 0.220 e. The molecule has 1 fully saturated rings. The normalized spacial score (nSPS) is 16.5. The second-order valence-corrected chi connectivity index (χ2v) is 6.23. The third kappa shape index (κ3) is 4.62. The molecular formula is C15H24N2OS. The van der Waals surface area contributed by atoms with Crippen LogP contribution in [-0.4, -0.2) is 19.0 Å². The summed E-state index contributed by atoms with van der Waals surface area (Å²) in [6.07, 6.45) is 5.20. The van der Waals surface area contributed by atoms with Crippen LogP contribution in [0.5, 0.6) is 0 Å². The molecular weight excluding hydrogens is 256 g/mol. The summed E-state index contributed by atoms with van der Waals surface area (Å²) in [4.78, 5) is 13.2. The average molecular weight is 280 g/mol. The van der Waals surface area contributed by atoms with E-state index in [1.165, 1.54) is 23.3 Å². The quantitative estimate of drug-likeness (QED) is 0.841. The van der Waals surface area contributed by atoms with Crippen LogP contribution in [0.3, 0.4) is 0 Å². The van der Waals surface area contributed by atoms with Crippen molar-refractivity contribution >= 4 is 17.2 Å². The van der Waals surface area contributed by atoms with Gasteiger partial charge in [0.2, 0.25) is 5.91 Å². The number of hydrogen-bond acceptors (Lipinski definition) is 3. The van der Waals surface area contributed by atoms with Crippen molar-refractivity contribution in [2.75, 3.05) is 13.1 Å². The molecule has 1 aliphatic rings. The molecule has 0 aromatic carbocycles. The Hall–Kier alpha value is -0.870. The first-order valence-electron chi connectivity index (χ1n) is 7.32. The van der Waals surface area contributed by atoms with Gasteiger partial charge in [-0.1, -0.05) is 6.92 Å². The molecule has 19 heavy (non-hydrogen) atoms. The van der Waals surface area contributed by atoms with Gasteiger partial charge in [-0.3, -0.25) is 4.79 Å². The Bertz CT molecular complexity index is 397. The van der Waals surface area contributed by atoms with Gasteiger partial charge in [0.1, 0.15) is 0 Å². The fraction of sp³-hybridized carbons (Fsp3) is 0.667. The van der Waals surface area contributed by atoms with Crippen molar-refractivity contribution in [1.29, 1.82) is 0 Å². The highest BCUT2D eigenvalue weighted by atomic mass is 32.1. The summed E-state index contributed by atoms with van der Waals surface area (Å²) in [5, 5.41) is 8.52. The Kier molecular flexibility index (Phi) is 5.86. The number of aryl methyl sites for hydroxylation is 1. The number of thiophene rings is 1. The van der Waals surface area contributed by atoms with Crippen molar-refractivity contribution < 1.29 is 4.79 Å². The molecule has 0 saturated carbocycles. The van der Waals surface area contributed by atoms with Crippen LogP contribution >= 0.6 is 11.3 Å². The standard InChI is InChI=1S/C15H24N2OS/c1-2-13-7-10-19-14(13)11-17-15(18)4-3-12-5-8-16-9-6-12/h7,10,12,16H,2-6,8-9,11H2,1H3,(H,17,18). The number of amides is 1. The summed E-state index contributed by atoms with van der Waals surface area (Å²) in [5.41, 5.74) is 1.36. The number of carbonyl (C=O) groups is 1. The molecule has 0 unspecified atom stereocenters. The fourth-order valence-electron chi connectivity index (χ4n) is 2.61. The van der Waals surface area contributed by atoms with E-state index in [9.17, 15) is 4.79 Å². The van der Waals surface area contributed by atoms with E-state index in [1.807, 2.05) is 0 Å². The zero-order valence-electron chi connectivity index (χ0n) is 11.7. The molecule has 106 valence electrons. The SMILES string of the molecule is CCc1ccsc1CNC(=O)CCC1CCNCC1. The van der Waals surface area contributed by atoms with Crippen LogP contribution in [0.2, 0.25) is 0 Å². The van der Waals surface area contributed by atoms with E-state index >= 15 is 0 Å². The molecule has 0 atom stereocenters. The Morgan fingerprint density at radius 2 is 2.26 bits per heavy atom. The predicted octanol–water partition coefficient (Wildman–Crippen LogP) is 2.71. The van der Waals surface area contributed by atoms with Gasteiger partial charge in [0, 0.05) is 11.3 Å². The molecule has 1 aromatic rings. The first kappa shape index (κ1) is 14.5. The largest absolute Gasteiger partial charge is 0.351 e. The number of carbonyl (C=O) groups excluding carboxylic acids is 1. The first-order chi connectivity index (χ1) is 9.29. The Morgan fingerprint density at radius 3 is 3.00 bits per heavy atom. The smallest absolute Gasteiger partial charge is 0.220 e. The van der Waals surface area contributed by atoms with Crippen molar-refractivity contribution in [1.82, 2.24) is 10.6 Å². The monoisotopic (exact) mass is 280 g/mol. The van der Waals surface area contributed by atoms with E-state index in [1.54, 1.807) is 11.3 Å². The third-order valence-corrected chi connectivity index (χ3v) is 4.87. The molecule has 4 heteroatoms. The van der Waals surface area contributed by atoms with E-state index in [-0.39, 0.29) is 5.91 Å². The van der Waals surface area contributed by atoms with E-state index in [0.29, 0.717) is 13.0 Å². The minimum Gasteiger partial charge on any atom is -0.351 e. The zero-order chi connectivity index (χ0) is 13.5. The first-order valence-corrected chi connectivity index (χ1v) is 8.20. The zero-order valence-corrected chi connectivity index (χ0v) is 12.5. The molecule has 2 N–H and O–H groups in total. The molecule has 0 bridgehead atoms. The van der Waals surface area contributed by atoms with Gasteiger partial charge < -0.3 is 10.6 Å². The molecule has 1 aliphatic heterocycles. The second-order valence-electron chi connectivity index (χ2n) is 5.23. The Morgan fingerprint density at radius 1 is 1.47 bits per heavy atom. The molecule has 1 aromatic heterocycles. The lowest BCUT2D eigenvalue weighted by atomic mass is 9.93. The number of rotatable bonds is 6. The summed E-state index contributed by atoms with van der Waals surface area (Å²) >= 11 is 1.74. The predicted molar refractivity (Wildman–Crippen MR) is 80.4 cm³/mol. The third-order valence-electron chi connectivity index (χ3n) is 3.90. The van der Waals surface area contributed by atoms with Crippen molar-refractivity contribution in [3.8, 4) is 0 Å². The Labute approximate surface area is 119 Å². The average Bonchev–Trinajstić information content (AvgIpc) is 2.91. The second kappa shape index (κ2) is 7.65. The lowest BCUT2D eigenvalue weighted by molar-refractivity contribution is -0.121. The highest BCUT2D eigenvalue weighted by molar-refractivity contribution is 7.10. The van der Waals surface area contributed by atoms with Crippen LogP contribution in [0.1, 0.15) is 43.0 Å². The topological polar surface area (TPSA) is 41.1 Å². The minimum atomic E-state index is 0.203. The van der Waals surface area contributed by atoms with Crippen molar-refractivity contribution in [3.05, 3.63) is 21.9 Å². The van der Waals surface area contributed by atoms with Crippen LogP contribution in [0.4, 0.5) is 0 Å². The maximum atomic E-state index is 11.9. The number of nitrogens with one attached hydrogen (secondary N) is 2. The molecule has 2 rings (SSSR count). The summed E-state index contributed by atoms with van der Waals surface area (Å²) in [6, 6.07) is 2.15. The van der Waals surface area contributed by atoms with Crippen molar-refractivity contribution in [3.63, 3.8) is 0 Å². The fourth-order valence-corrected chi connectivity index (χ4v) is 3.53. The summed E-state index contributed by atoms with van der Waals surface area (Å²) in [6.45, 7) is 5.08. The van der Waals surface area contributed by atoms with Gasteiger partial charge in [0.15, 0.2) is 0 Å². The molecule has 3 nitrogen and oxygen atoms in total. The summed E-state index contributed by atoms with van der Waals surface area (Å²) < 4.78 is 0. The minimum absolute atomic E-state index is 0.203. The van der Waals surface area contributed by atoms with E-state index in [0.717, 1.165) is 31.8 Å². The van der Waals surface area contributed by atoms with Crippen LogP contribution < -0.4 is 10.6 Å². The van der Waals surface area contributed by atoms with E-state index < -0.39 is 0 Å². The summed E-state index contributed by atoms with van der Waals surface area (Å²) in [7, 11) is 0. The molecule has 1 saturated heterocycles. The molecule has 0 radical (unpaired) electrons. The maximum absolute atomic E-state index is 11.9. The van der Waals surface area contributed by atoms with Gasteiger partial charge in [-0.05, 0) is 61.7 Å². The molecule has 1 amide bonds. The molecule has 0 aliphatic carbocycles. The van der Waals surface area contributed by atoms with Crippen LogP contribution in [0.15, 0.2) is 11.4 Å². The Balaban J connectivity index is 1.66. The highest BCUT2D eigenvalue weighted by Gasteiger charge is 2.14. The summed E-state index contributed by atoms with van der Waals surface area (Å²) in [5.74, 6) is 0.939.